The second-order valence-electron chi connectivity index (χ2n) is 5.45. The van der Waals surface area contributed by atoms with E-state index in [2.05, 4.69) is 5.32 Å². The fourth-order valence-electron chi connectivity index (χ4n) is 2.80. The van der Waals surface area contributed by atoms with Gasteiger partial charge in [0.2, 0.25) is 5.91 Å². The third-order valence-electron chi connectivity index (χ3n) is 4.24. The molecule has 1 aliphatic heterocycles. The zero-order chi connectivity index (χ0) is 13.9. The van der Waals surface area contributed by atoms with Crippen molar-refractivity contribution >= 4 is 11.9 Å². The molecule has 0 radical (unpaired) electrons. The summed E-state index contributed by atoms with van der Waals surface area (Å²) in [5.74, 6) is -1.42. The third-order valence-corrected chi connectivity index (χ3v) is 4.24. The van der Waals surface area contributed by atoms with E-state index in [9.17, 15) is 9.59 Å². The van der Waals surface area contributed by atoms with E-state index in [1.54, 1.807) is 7.11 Å². The Bertz CT molecular complexity index is 351. The maximum atomic E-state index is 12.0. The van der Waals surface area contributed by atoms with Crippen LogP contribution >= 0.6 is 0 Å². The number of methoxy groups -OCH3 is 1. The summed E-state index contributed by atoms with van der Waals surface area (Å²) in [5, 5.41) is 11.8. The Labute approximate surface area is 112 Å². The molecular formula is C13H21NO5. The summed E-state index contributed by atoms with van der Waals surface area (Å²) in [7, 11) is 1.62. The zero-order valence-electron chi connectivity index (χ0n) is 11.2. The van der Waals surface area contributed by atoms with E-state index in [1.165, 1.54) is 0 Å². The Balaban J connectivity index is 1.80. The predicted octanol–water partition coefficient (Wildman–Crippen LogP) is 0.409. The molecule has 1 heterocycles. The van der Waals surface area contributed by atoms with Gasteiger partial charge in [0.25, 0.3) is 0 Å². The minimum Gasteiger partial charge on any atom is -0.481 e. The van der Waals surface area contributed by atoms with Crippen molar-refractivity contribution in [3.05, 3.63) is 0 Å². The molecule has 1 aliphatic carbocycles. The van der Waals surface area contributed by atoms with Gasteiger partial charge in [-0.25, -0.2) is 0 Å². The first-order chi connectivity index (χ1) is 9.06. The van der Waals surface area contributed by atoms with Crippen LogP contribution in [-0.2, 0) is 19.1 Å². The van der Waals surface area contributed by atoms with Crippen LogP contribution in [0.15, 0.2) is 0 Å². The third kappa shape index (κ3) is 3.25. The summed E-state index contributed by atoms with van der Waals surface area (Å²) < 4.78 is 10.7. The number of carboxylic acid groups (broad SMARTS) is 1. The van der Waals surface area contributed by atoms with E-state index < -0.39 is 11.6 Å². The van der Waals surface area contributed by atoms with Gasteiger partial charge in [0.1, 0.15) is 5.60 Å². The van der Waals surface area contributed by atoms with Gasteiger partial charge < -0.3 is 19.9 Å². The lowest BCUT2D eigenvalue weighted by molar-refractivity contribution is -0.141. The Kier molecular flexibility index (Phi) is 4.42. The summed E-state index contributed by atoms with van der Waals surface area (Å²) in [6, 6.07) is 0. The normalized spacial score (nSPS) is 34.4. The van der Waals surface area contributed by atoms with Crippen LogP contribution in [0.3, 0.4) is 0 Å². The minimum atomic E-state index is -0.798. The second kappa shape index (κ2) is 5.88. The first-order valence-electron chi connectivity index (χ1n) is 6.70. The molecule has 3 atom stereocenters. The van der Waals surface area contributed by atoms with Crippen LogP contribution in [0, 0.1) is 11.8 Å². The molecule has 2 N–H and O–H groups in total. The van der Waals surface area contributed by atoms with Gasteiger partial charge in [0, 0.05) is 32.6 Å². The van der Waals surface area contributed by atoms with Gasteiger partial charge in [-0.15, -0.1) is 0 Å². The number of nitrogens with one attached hydrogen (secondary N) is 1. The van der Waals surface area contributed by atoms with E-state index in [-0.39, 0.29) is 17.7 Å². The van der Waals surface area contributed by atoms with Gasteiger partial charge in [-0.05, 0) is 19.3 Å². The number of carbonyl (C=O) groups excluding carboxylic acids is 1. The Morgan fingerprint density at radius 3 is 2.68 bits per heavy atom. The monoisotopic (exact) mass is 271 g/mol. The molecule has 1 unspecified atom stereocenters. The van der Waals surface area contributed by atoms with Crippen molar-refractivity contribution in [2.24, 2.45) is 11.8 Å². The molecule has 0 spiro atoms. The number of hydrogen-bond acceptors (Lipinski definition) is 4. The number of amides is 1. The maximum Gasteiger partial charge on any atom is 0.306 e. The molecule has 1 saturated carbocycles. The maximum absolute atomic E-state index is 12.0. The van der Waals surface area contributed by atoms with Gasteiger partial charge in [-0.3, -0.25) is 9.59 Å². The van der Waals surface area contributed by atoms with Crippen LogP contribution in [0.25, 0.3) is 0 Å². The standard InChI is InChI=1S/C13H21NO5/c1-18-13(4-5-19-8-13)7-14-11(15)9-2-3-10(6-9)12(16)17/h9-10H,2-8H2,1H3,(H,14,15)(H,16,17)/t9-,10+,13?/m1/s1. The lowest BCUT2D eigenvalue weighted by Gasteiger charge is -2.26. The number of carboxylic acids is 1. The molecule has 108 valence electrons. The molecule has 2 fully saturated rings. The van der Waals surface area contributed by atoms with Gasteiger partial charge >= 0.3 is 5.97 Å². The summed E-state index contributed by atoms with van der Waals surface area (Å²) >= 11 is 0. The van der Waals surface area contributed by atoms with Crippen molar-refractivity contribution < 1.29 is 24.2 Å². The van der Waals surface area contributed by atoms with Gasteiger partial charge in [-0.1, -0.05) is 0 Å². The average Bonchev–Trinajstić information content (AvgIpc) is 3.06. The molecule has 2 aliphatic rings. The second-order valence-corrected chi connectivity index (χ2v) is 5.45. The van der Waals surface area contributed by atoms with Crippen LogP contribution < -0.4 is 5.32 Å². The number of hydrogen-bond donors (Lipinski definition) is 2. The number of carbonyl (C=O) groups is 2. The highest BCUT2D eigenvalue weighted by Crippen LogP contribution is 2.31. The molecule has 6 nitrogen and oxygen atoms in total. The lowest BCUT2D eigenvalue weighted by Crippen LogP contribution is -2.46. The van der Waals surface area contributed by atoms with Crippen LogP contribution in [0.5, 0.6) is 0 Å². The Hall–Kier alpha value is -1.14. The zero-order valence-corrected chi connectivity index (χ0v) is 11.2. The smallest absolute Gasteiger partial charge is 0.306 e. The number of ether oxygens (including phenoxy) is 2. The molecule has 0 bridgehead atoms. The summed E-state index contributed by atoms with van der Waals surface area (Å²) in [4.78, 5) is 22.9. The quantitative estimate of drug-likeness (QED) is 0.756. The Morgan fingerprint density at radius 2 is 2.16 bits per heavy atom. The van der Waals surface area contributed by atoms with Crippen molar-refractivity contribution in [2.45, 2.75) is 31.3 Å². The highest BCUT2D eigenvalue weighted by molar-refractivity contribution is 5.80. The fourth-order valence-corrected chi connectivity index (χ4v) is 2.80. The van der Waals surface area contributed by atoms with Crippen LogP contribution in [0.2, 0.25) is 0 Å². The molecule has 0 aromatic carbocycles. The van der Waals surface area contributed by atoms with Crippen molar-refractivity contribution in [1.82, 2.24) is 5.32 Å². The highest BCUT2D eigenvalue weighted by Gasteiger charge is 2.38. The molecule has 1 saturated heterocycles. The first kappa shape index (κ1) is 14.3. The largest absolute Gasteiger partial charge is 0.481 e. The SMILES string of the molecule is COC1(CNC(=O)[C@@H]2CC[C@H](C(=O)O)C2)CCOC1. The Morgan fingerprint density at radius 1 is 1.42 bits per heavy atom. The van der Waals surface area contributed by atoms with Crippen LogP contribution in [0.4, 0.5) is 0 Å². The average molecular weight is 271 g/mol. The van der Waals surface area contributed by atoms with E-state index >= 15 is 0 Å². The molecule has 0 aromatic heterocycles. The summed E-state index contributed by atoms with van der Waals surface area (Å²) in [5.41, 5.74) is -0.416. The van der Waals surface area contributed by atoms with Gasteiger partial charge in [0.15, 0.2) is 0 Å². The molecule has 6 heteroatoms. The topological polar surface area (TPSA) is 84.9 Å². The van der Waals surface area contributed by atoms with E-state index in [0.29, 0.717) is 39.0 Å². The van der Waals surface area contributed by atoms with E-state index in [0.717, 1.165) is 6.42 Å². The highest BCUT2D eigenvalue weighted by atomic mass is 16.5. The van der Waals surface area contributed by atoms with Crippen molar-refractivity contribution in [3.63, 3.8) is 0 Å². The minimum absolute atomic E-state index is 0.0629. The van der Waals surface area contributed by atoms with Crippen LogP contribution in [-0.4, -0.2) is 49.5 Å². The number of aliphatic carboxylic acids is 1. The van der Waals surface area contributed by atoms with Crippen molar-refractivity contribution in [2.75, 3.05) is 26.9 Å². The van der Waals surface area contributed by atoms with Crippen molar-refractivity contribution in [1.29, 1.82) is 0 Å². The predicted molar refractivity (Wildman–Crippen MR) is 66.7 cm³/mol. The van der Waals surface area contributed by atoms with Gasteiger partial charge in [-0.2, -0.15) is 0 Å². The number of rotatable bonds is 5. The van der Waals surface area contributed by atoms with Crippen molar-refractivity contribution in [3.8, 4) is 0 Å². The van der Waals surface area contributed by atoms with E-state index in [4.69, 9.17) is 14.6 Å². The molecule has 2 rings (SSSR count). The summed E-state index contributed by atoms with van der Waals surface area (Å²) in [6.45, 7) is 1.57. The van der Waals surface area contributed by atoms with E-state index in [1.807, 2.05) is 0 Å². The fraction of sp³-hybridized carbons (Fsp3) is 0.846. The molecular weight excluding hydrogens is 250 g/mol. The van der Waals surface area contributed by atoms with Crippen LogP contribution in [0.1, 0.15) is 25.7 Å². The lowest BCUT2D eigenvalue weighted by atomic mass is 10.0. The summed E-state index contributed by atoms with van der Waals surface area (Å²) in [6.07, 6.45) is 2.45. The van der Waals surface area contributed by atoms with Gasteiger partial charge in [0.05, 0.1) is 12.5 Å². The molecule has 0 aromatic rings. The first-order valence-corrected chi connectivity index (χ1v) is 6.70. The molecule has 19 heavy (non-hydrogen) atoms. The molecule has 1 amide bonds.